The van der Waals surface area contributed by atoms with E-state index >= 15 is 0 Å². The summed E-state index contributed by atoms with van der Waals surface area (Å²) in [6.45, 7) is 4.62. The second-order valence-electron chi connectivity index (χ2n) is 6.41. The van der Waals surface area contributed by atoms with E-state index in [1.165, 1.54) is 50.7 Å². The molecule has 0 aliphatic rings. The second kappa shape index (κ2) is 12.2. The number of rotatable bonds is 12. The Balaban J connectivity index is 2.28. The molecule has 0 radical (unpaired) electrons. The Bertz CT molecular complexity index is 582. The summed E-state index contributed by atoms with van der Waals surface area (Å²) in [5.41, 5.74) is 1.25. The molecule has 0 heterocycles. The SMILES string of the molecule is CCCCCCCCCCNC(=O)C(C)=Cc1cccc([N+](=O)[O-])c1. The third kappa shape index (κ3) is 9.03. The molecule has 0 fully saturated rings. The normalized spacial score (nSPS) is 11.4. The highest BCUT2D eigenvalue weighted by molar-refractivity contribution is 5.97. The molecule has 1 N–H and O–H groups in total. The van der Waals surface area contributed by atoms with Crippen LogP contribution < -0.4 is 5.32 Å². The van der Waals surface area contributed by atoms with Crippen LogP contribution in [-0.4, -0.2) is 17.4 Å². The zero-order valence-corrected chi connectivity index (χ0v) is 15.4. The summed E-state index contributed by atoms with van der Waals surface area (Å²) in [7, 11) is 0. The quantitative estimate of drug-likeness (QED) is 0.243. The minimum absolute atomic E-state index is 0.0286. The van der Waals surface area contributed by atoms with Crippen molar-refractivity contribution in [1.82, 2.24) is 5.32 Å². The number of nitrogens with one attached hydrogen (secondary N) is 1. The Morgan fingerprint density at radius 2 is 1.76 bits per heavy atom. The minimum atomic E-state index is -0.436. The van der Waals surface area contributed by atoms with Gasteiger partial charge in [-0.05, 0) is 25.0 Å². The van der Waals surface area contributed by atoms with Crippen molar-refractivity contribution in [3.05, 3.63) is 45.5 Å². The van der Waals surface area contributed by atoms with Crippen LogP contribution in [0.2, 0.25) is 0 Å². The Morgan fingerprint density at radius 3 is 2.40 bits per heavy atom. The predicted octanol–water partition coefficient (Wildman–Crippen LogP) is 5.26. The molecule has 5 heteroatoms. The van der Waals surface area contributed by atoms with E-state index in [0.29, 0.717) is 17.7 Å². The van der Waals surface area contributed by atoms with Gasteiger partial charge in [-0.25, -0.2) is 0 Å². The van der Waals surface area contributed by atoms with Gasteiger partial charge >= 0.3 is 0 Å². The molecule has 0 aromatic heterocycles. The van der Waals surface area contributed by atoms with Gasteiger partial charge in [0.25, 0.3) is 5.69 Å². The van der Waals surface area contributed by atoms with Crippen molar-refractivity contribution < 1.29 is 9.72 Å². The molecule has 1 aromatic rings. The number of hydrogen-bond donors (Lipinski definition) is 1. The zero-order valence-electron chi connectivity index (χ0n) is 15.4. The molecule has 0 bridgehead atoms. The Morgan fingerprint density at radius 1 is 1.12 bits per heavy atom. The number of non-ortho nitro benzene ring substituents is 1. The highest BCUT2D eigenvalue weighted by atomic mass is 16.6. The lowest BCUT2D eigenvalue weighted by Crippen LogP contribution is -2.25. The number of carbonyl (C=O) groups excluding carboxylic acids is 1. The van der Waals surface area contributed by atoms with Crippen molar-refractivity contribution in [2.45, 2.75) is 65.2 Å². The maximum Gasteiger partial charge on any atom is 0.270 e. The minimum Gasteiger partial charge on any atom is -0.352 e. The van der Waals surface area contributed by atoms with Crippen LogP contribution in [0, 0.1) is 10.1 Å². The molecule has 0 saturated carbocycles. The van der Waals surface area contributed by atoms with Crippen LogP contribution in [0.25, 0.3) is 6.08 Å². The maximum atomic E-state index is 12.1. The molecular weight excluding hydrogens is 316 g/mol. The molecule has 1 rings (SSSR count). The van der Waals surface area contributed by atoms with Gasteiger partial charge in [-0.3, -0.25) is 14.9 Å². The third-order valence-electron chi connectivity index (χ3n) is 4.14. The van der Waals surface area contributed by atoms with E-state index in [-0.39, 0.29) is 11.6 Å². The van der Waals surface area contributed by atoms with Gasteiger partial charge in [-0.1, -0.05) is 64.0 Å². The fourth-order valence-corrected chi connectivity index (χ4v) is 2.64. The number of nitro benzene ring substituents is 1. The highest BCUT2D eigenvalue weighted by Gasteiger charge is 2.07. The first kappa shape index (κ1) is 20.9. The van der Waals surface area contributed by atoms with Gasteiger partial charge < -0.3 is 5.32 Å². The van der Waals surface area contributed by atoms with E-state index in [0.717, 1.165) is 12.8 Å². The summed E-state index contributed by atoms with van der Waals surface area (Å²) in [6, 6.07) is 6.28. The van der Waals surface area contributed by atoms with Crippen molar-refractivity contribution in [2.75, 3.05) is 6.54 Å². The van der Waals surface area contributed by atoms with Crippen LogP contribution in [0.4, 0.5) is 5.69 Å². The second-order valence-corrected chi connectivity index (χ2v) is 6.41. The van der Waals surface area contributed by atoms with E-state index < -0.39 is 4.92 Å². The van der Waals surface area contributed by atoms with Crippen LogP contribution in [0.3, 0.4) is 0 Å². The van der Waals surface area contributed by atoms with Gasteiger partial charge in [-0.2, -0.15) is 0 Å². The van der Waals surface area contributed by atoms with Crippen molar-refractivity contribution in [3.63, 3.8) is 0 Å². The summed E-state index contributed by atoms with van der Waals surface area (Å²) in [5, 5.41) is 13.7. The van der Waals surface area contributed by atoms with Crippen LogP contribution >= 0.6 is 0 Å². The van der Waals surface area contributed by atoms with Crippen LogP contribution in [0.15, 0.2) is 29.8 Å². The molecule has 0 aliphatic heterocycles. The summed E-state index contributed by atoms with van der Waals surface area (Å²) in [5.74, 6) is -0.116. The smallest absolute Gasteiger partial charge is 0.270 e. The van der Waals surface area contributed by atoms with Crippen molar-refractivity contribution in [2.24, 2.45) is 0 Å². The lowest BCUT2D eigenvalue weighted by molar-refractivity contribution is -0.384. The Hall–Kier alpha value is -2.17. The van der Waals surface area contributed by atoms with Crippen LogP contribution in [-0.2, 0) is 4.79 Å². The molecule has 1 aromatic carbocycles. The molecule has 0 aliphatic carbocycles. The van der Waals surface area contributed by atoms with Gasteiger partial charge in [0.2, 0.25) is 5.91 Å². The van der Waals surface area contributed by atoms with Crippen LogP contribution in [0.1, 0.15) is 70.8 Å². The maximum absolute atomic E-state index is 12.1. The fourth-order valence-electron chi connectivity index (χ4n) is 2.64. The Kier molecular flexibility index (Phi) is 10.2. The molecule has 1 amide bonds. The van der Waals surface area contributed by atoms with Gasteiger partial charge in [0.15, 0.2) is 0 Å². The summed E-state index contributed by atoms with van der Waals surface area (Å²) < 4.78 is 0. The lowest BCUT2D eigenvalue weighted by Gasteiger charge is -2.06. The molecule has 0 saturated heterocycles. The molecule has 0 unspecified atom stereocenters. The summed E-state index contributed by atoms with van der Waals surface area (Å²) in [6.07, 6.45) is 11.5. The first-order valence-corrected chi connectivity index (χ1v) is 9.25. The number of hydrogen-bond acceptors (Lipinski definition) is 3. The summed E-state index contributed by atoms with van der Waals surface area (Å²) >= 11 is 0. The molecular formula is C20H30N2O3. The Labute approximate surface area is 150 Å². The van der Waals surface area contributed by atoms with E-state index in [1.807, 2.05) is 0 Å². The topological polar surface area (TPSA) is 72.2 Å². The average molecular weight is 346 g/mol. The van der Waals surface area contributed by atoms with E-state index in [4.69, 9.17) is 0 Å². The van der Waals surface area contributed by atoms with Gasteiger partial charge in [0, 0.05) is 24.3 Å². The summed E-state index contributed by atoms with van der Waals surface area (Å²) in [4.78, 5) is 22.4. The first-order chi connectivity index (χ1) is 12.0. The van der Waals surface area contributed by atoms with E-state index in [2.05, 4.69) is 12.2 Å². The fraction of sp³-hybridized carbons (Fsp3) is 0.550. The van der Waals surface area contributed by atoms with Crippen molar-refractivity contribution in [1.29, 1.82) is 0 Å². The van der Waals surface area contributed by atoms with Crippen molar-refractivity contribution in [3.8, 4) is 0 Å². The van der Waals surface area contributed by atoms with Gasteiger partial charge in [0.05, 0.1) is 4.92 Å². The molecule has 138 valence electrons. The monoisotopic (exact) mass is 346 g/mol. The lowest BCUT2D eigenvalue weighted by atomic mass is 10.1. The number of nitro groups is 1. The van der Waals surface area contributed by atoms with Crippen LogP contribution in [0.5, 0.6) is 0 Å². The first-order valence-electron chi connectivity index (χ1n) is 9.25. The number of carbonyl (C=O) groups is 1. The number of nitrogens with zero attached hydrogens (tertiary/aromatic N) is 1. The number of amides is 1. The number of benzene rings is 1. The van der Waals surface area contributed by atoms with Gasteiger partial charge in [-0.15, -0.1) is 0 Å². The third-order valence-corrected chi connectivity index (χ3v) is 4.14. The average Bonchev–Trinajstić information content (AvgIpc) is 2.60. The molecule has 5 nitrogen and oxygen atoms in total. The molecule has 0 atom stereocenters. The molecule has 25 heavy (non-hydrogen) atoms. The van der Waals surface area contributed by atoms with Crippen molar-refractivity contribution >= 4 is 17.7 Å². The van der Waals surface area contributed by atoms with E-state index in [9.17, 15) is 14.9 Å². The van der Waals surface area contributed by atoms with E-state index in [1.54, 1.807) is 25.1 Å². The van der Waals surface area contributed by atoms with Gasteiger partial charge in [0.1, 0.15) is 0 Å². The predicted molar refractivity (Wildman–Crippen MR) is 102 cm³/mol. The zero-order chi connectivity index (χ0) is 18.5. The highest BCUT2D eigenvalue weighted by Crippen LogP contribution is 2.15. The molecule has 0 spiro atoms. The standard InChI is InChI=1S/C20H30N2O3/c1-3-4-5-6-7-8-9-10-14-21-20(23)17(2)15-18-12-11-13-19(16-18)22(24)25/h11-13,15-16H,3-10,14H2,1-2H3,(H,21,23). The largest absolute Gasteiger partial charge is 0.352 e. The number of unbranched alkanes of at least 4 members (excludes halogenated alkanes) is 7.